The third kappa shape index (κ3) is 10.2. The standard InChI is InChI=1S/C25H31N5O8S/c26-17(9-13-1-5-15(31)6-2-13)22(34)28-18(10-14-3-7-16(32)8-4-14)23(35)29-19(11-21(27)33)24(36)30-20(12-39)25(37)38/h1-8,17-20,31-32,39H,9-12,26H2,(H2,27,33)(H,28,34)(H,29,35)(H,30,36)(H,37,38). The van der Waals surface area contributed by atoms with Gasteiger partial charge in [0.1, 0.15) is 29.6 Å². The van der Waals surface area contributed by atoms with Crippen LogP contribution in [-0.2, 0) is 36.8 Å². The molecule has 4 unspecified atom stereocenters. The minimum Gasteiger partial charge on any atom is -0.508 e. The molecule has 39 heavy (non-hydrogen) atoms. The Bertz CT molecular complexity index is 1180. The van der Waals surface area contributed by atoms with Gasteiger partial charge in [0.05, 0.1) is 12.5 Å². The van der Waals surface area contributed by atoms with Crippen LogP contribution in [0.3, 0.4) is 0 Å². The first-order chi connectivity index (χ1) is 18.4. The number of nitrogens with two attached hydrogens (primary N) is 2. The van der Waals surface area contributed by atoms with Gasteiger partial charge in [-0.25, -0.2) is 4.79 Å². The van der Waals surface area contributed by atoms with Crippen molar-refractivity contribution >= 4 is 42.2 Å². The molecule has 0 fully saturated rings. The van der Waals surface area contributed by atoms with Gasteiger partial charge in [0.25, 0.3) is 0 Å². The summed E-state index contributed by atoms with van der Waals surface area (Å²) in [6.07, 6.45) is -0.632. The molecule has 13 nitrogen and oxygen atoms in total. The van der Waals surface area contributed by atoms with Gasteiger partial charge in [-0.05, 0) is 41.8 Å². The first-order valence-electron chi connectivity index (χ1n) is 11.7. The summed E-state index contributed by atoms with van der Waals surface area (Å²) in [5.74, 6) is -5.09. The Morgan fingerprint density at radius 2 is 1.15 bits per heavy atom. The molecular formula is C25H31N5O8S. The quantitative estimate of drug-likeness (QED) is 0.123. The second-order valence-electron chi connectivity index (χ2n) is 8.72. The molecule has 2 aromatic carbocycles. The van der Waals surface area contributed by atoms with Gasteiger partial charge in [0.15, 0.2) is 0 Å². The van der Waals surface area contributed by atoms with Gasteiger partial charge in [-0.1, -0.05) is 24.3 Å². The second kappa shape index (κ2) is 14.6. The molecule has 0 saturated carbocycles. The zero-order valence-electron chi connectivity index (χ0n) is 20.7. The Morgan fingerprint density at radius 3 is 1.62 bits per heavy atom. The maximum absolute atomic E-state index is 13.2. The van der Waals surface area contributed by atoms with E-state index in [2.05, 4.69) is 28.6 Å². The number of rotatable bonds is 14. The fraction of sp³-hybridized carbons (Fsp3) is 0.320. The van der Waals surface area contributed by atoms with Crippen molar-refractivity contribution in [2.75, 3.05) is 5.75 Å². The molecule has 0 aliphatic carbocycles. The molecule has 14 heteroatoms. The summed E-state index contributed by atoms with van der Waals surface area (Å²) in [6.45, 7) is 0. The molecule has 0 spiro atoms. The van der Waals surface area contributed by atoms with Gasteiger partial charge in [0, 0.05) is 12.2 Å². The Hall–Kier alpha value is -4.30. The van der Waals surface area contributed by atoms with Crippen LogP contribution in [0, 0.1) is 0 Å². The van der Waals surface area contributed by atoms with E-state index >= 15 is 0 Å². The largest absolute Gasteiger partial charge is 0.508 e. The number of carboxylic acid groups (broad SMARTS) is 1. The Labute approximate surface area is 229 Å². The molecule has 2 rings (SSSR count). The minimum absolute atomic E-state index is 0.0184. The van der Waals surface area contributed by atoms with Crippen LogP contribution in [0.2, 0.25) is 0 Å². The van der Waals surface area contributed by atoms with E-state index in [1.807, 2.05) is 0 Å². The van der Waals surface area contributed by atoms with Crippen LogP contribution < -0.4 is 27.4 Å². The monoisotopic (exact) mass is 561 g/mol. The van der Waals surface area contributed by atoms with Crippen molar-refractivity contribution < 1.29 is 39.3 Å². The third-order valence-corrected chi connectivity index (χ3v) is 5.94. The number of carbonyl (C=O) groups is 5. The summed E-state index contributed by atoms with van der Waals surface area (Å²) in [5.41, 5.74) is 12.5. The van der Waals surface area contributed by atoms with Crippen molar-refractivity contribution in [3.8, 4) is 11.5 Å². The first-order valence-corrected chi connectivity index (χ1v) is 12.4. The van der Waals surface area contributed by atoms with E-state index in [0.717, 1.165) is 0 Å². The summed E-state index contributed by atoms with van der Waals surface area (Å²) >= 11 is 3.87. The number of benzene rings is 2. The predicted molar refractivity (Wildman–Crippen MR) is 143 cm³/mol. The normalized spacial score (nSPS) is 13.8. The molecule has 10 N–H and O–H groups in total. The summed E-state index contributed by atoms with van der Waals surface area (Å²) in [5, 5.41) is 35.2. The van der Waals surface area contributed by atoms with Gasteiger partial charge in [-0.15, -0.1) is 0 Å². The van der Waals surface area contributed by atoms with Gasteiger partial charge in [-0.3, -0.25) is 19.2 Å². The van der Waals surface area contributed by atoms with Crippen LogP contribution in [0.5, 0.6) is 11.5 Å². The average molecular weight is 562 g/mol. The highest BCUT2D eigenvalue weighted by molar-refractivity contribution is 7.80. The number of hydrogen-bond donors (Lipinski definition) is 9. The zero-order chi connectivity index (χ0) is 29.1. The molecule has 4 amide bonds. The SMILES string of the molecule is NC(=O)CC(NC(=O)C(Cc1ccc(O)cc1)NC(=O)C(N)Cc1ccc(O)cc1)C(=O)NC(CS)C(=O)O. The highest BCUT2D eigenvalue weighted by Crippen LogP contribution is 2.13. The third-order valence-electron chi connectivity index (χ3n) is 5.57. The predicted octanol–water partition coefficient (Wildman–Crippen LogP) is -1.45. The number of phenols is 2. The van der Waals surface area contributed by atoms with Crippen LogP contribution in [0.1, 0.15) is 17.5 Å². The number of amides is 4. The van der Waals surface area contributed by atoms with E-state index in [0.29, 0.717) is 11.1 Å². The smallest absolute Gasteiger partial charge is 0.327 e. The average Bonchev–Trinajstić information content (AvgIpc) is 2.88. The number of carboxylic acids is 1. The fourth-order valence-electron chi connectivity index (χ4n) is 3.47. The molecule has 0 heterocycles. The lowest BCUT2D eigenvalue weighted by Crippen LogP contribution is -2.58. The number of thiol groups is 1. The van der Waals surface area contributed by atoms with Gasteiger partial charge >= 0.3 is 5.97 Å². The van der Waals surface area contributed by atoms with Crippen molar-refractivity contribution in [3.05, 3.63) is 59.7 Å². The van der Waals surface area contributed by atoms with Crippen molar-refractivity contribution in [2.24, 2.45) is 11.5 Å². The van der Waals surface area contributed by atoms with E-state index < -0.39 is 60.2 Å². The molecule has 2 aromatic rings. The number of carbonyl (C=O) groups excluding carboxylic acids is 4. The van der Waals surface area contributed by atoms with E-state index in [1.54, 1.807) is 12.1 Å². The number of aromatic hydroxyl groups is 2. The lowest BCUT2D eigenvalue weighted by molar-refractivity contribution is -0.141. The Morgan fingerprint density at radius 1 is 0.718 bits per heavy atom. The summed E-state index contributed by atoms with van der Waals surface area (Å²) in [4.78, 5) is 61.7. The number of aliphatic carboxylic acids is 1. The highest BCUT2D eigenvalue weighted by atomic mass is 32.1. The number of hydrogen-bond acceptors (Lipinski definition) is 9. The zero-order valence-corrected chi connectivity index (χ0v) is 21.6. The fourth-order valence-corrected chi connectivity index (χ4v) is 3.72. The van der Waals surface area contributed by atoms with E-state index in [4.69, 9.17) is 11.5 Å². The highest BCUT2D eigenvalue weighted by Gasteiger charge is 2.31. The number of phenolic OH excluding ortho intramolecular Hbond substituents is 2. The van der Waals surface area contributed by atoms with Crippen molar-refractivity contribution in [1.29, 1.82) is 0 Å². The maximum atomic E-state index is 13.2. The molecule has 4 atom stereocenters. The van der Waals surface area contributed by atoms with Crippen LogP contribution in [-0.4, -0.2) is 74.8 Å². The molecule has 0 aliphatic heterocycles. The lowest BCUT2D eigenvalue weighted by atomic mass is 10.0. The molecule has 210 valence electrons. The van der Waals surface area contributed by atoms with Crippen LogP contribution >= 0.6 is 12.6 Å². The van der Waals surface area contributed by atoms with Crippen LogP contribution in [0.15, 0.2) is 48.5 Å². The van der Waals surface area contributed by atoms with Crippen LogP contribution in [0.4, 0.5) is 0 Å². The second-order valence-corrected chi connectivity index (χ2v) is 9.09. The first kappa shape index (κ1) is 30.9. The van der Waals surface area contributed by atoms with Crippen molar-refractivity contribution in [3.63, 3.8) is 0 Å². The van der Waals surface area contributed by atoms with Gasteiger partial charge < -0.3 is 42.7 Å². The molecular weight excluding hydrogens is 530 g/mol. The van der Waals surface area contributed by atoms with Gasteiger partial charge in [0.2, 0.25) is 23.6 Å². The Balaban J connectivity index is 2.23. The van der Waals surface area contributed by atoms with Crippen molar-refractivity contribution in [2.45, 2.75) is 43.4 Å². The van der Waals surface area contributed by atoms with Crippen LogP contribution in [0.25, 0.3) is 0 Å². The summed E-state index contributed by atoms with van der Waals surface area (Å²) in [6, 6.07) is 6.58. The molecule has 0 aromatic heterocycles. The maximum Gasteiger partial charge on any atom is 0.327 e. The number of nitrogens with one attached hydrogen (secondary N) is 3. The summed E-state index contributed by atoms with van der Waals surface area (Å²) in [7, 11) is 0. The van der Waals surface area contributed by atoms with E-state index in [-0.39, 0.29) is 30.1 Å². The molecule has 0 radical (unpaired) electrons. The molecule has 0 bridgehead atoms. The van der Waals surface area contributed by atoms with E-state index in [9.17, 15) is 39.3 Å². The lowest BCUT2D eigenvalue weighted by Gasteiger charge is -2.24. The van der Waals surface area contributed by atoms with E-state index in [1.165, 1.54) is 36.4 Å². The Kier molecular flexibility index (Phi) is 11.6. The van der Waals surface area contributed by atoms with Crippen molar-refractivity contribution in [1.82, 2.24) is 16.0 Å². The topological polar surface area (TPSA) is 234 Å². The molecule has 0 saturated heterocycles. The number of primary amides is 1. The summed E-state index contributed by atoms with van der Waals surface area (Å²) < 4.78 is 0. The minimum atomic E-state index is -1.54. The van der Waals surface area contributed by atoms with Gasteiger partial charge in [-0.2, -0.15) is 12.6 Å². The molecule has 0 aliphatic rings.